The van der Waals surface area contributed by atoms with Crippen molar-refractivity contribution in [2.75, 3.05) is 0 Å². The monoisotopic (exact) mass is 255 g/mol. The lowest BCUT2D eigenvalue weighted by atomic mass is 10.1. The topological polar surface area (TPSA) is 12.4 Å². The van der Waals surface area contributed by atoms with E-state index in [0.717, 1.165) is 29.7 Å². The minimum absolute atomic E-state index is 1.08. The Hall–Kier alpha value is -1.63. The zero-order valence-electron chi connectivity index (χ0n) is 12.7. The third kappa shape index (κ3) is 4.51. The van der Waals surface area contributed by atoms with Crippen molar-refractivity contribution in [3.63, 3.8) is 0 Å². The van der Waals surface area contributed by atoms with Gasteiger partial charge in [0.1, 0.15) is 0 Å². The maximum atomic E-state index is 4.79. The van der Waals surface area contributed by atoms with Crippen LogP contribution in [0.4, 0.5) is 0 Å². The molecule has 0 radical (unpaired) electrons. The van der Waals surface area contributed by atoms with Crippen LogP contribution in [0, 0.1) is 0 Å². The van der Waals surface area contributed by atoms with Gasteiger partial charge in [0.15, 0.2) is 0 Å². The molecule has 0 aromatic heterocycles. The molecule has 0 saturated heterocycles. The molecule has 0 aromatic carbocycles. The van der Waals surface area contributed by atoms with Crippen LogP contribution in [-0.2, 0) is 0 Å². The average molecular weight is 255 g/mol. The summed E-state index contributed by atoms with van der Waals surface area (Å²) >= 11 is 0. The van der Waals surface area contributed by atoms with E-state index in [2.05, 4.69) is 46.1 Å². The standard InChI is InChI=1S/C18H25N/c1-7-14(4)11-12-15(5)16(6)19-18-10-8-9-17(18)13(2)3/h7,11-12H,1-2,8-10H2,3-6H3/b14-11-,15-12+,19-16?. The molecule has 102 valence electrons. The summed E-state index contributed by atoms with van der Waals surface area (Å²) in [6, 6.07) is 0. The molecule has 0 atom stereocenters. The lowest BCUT2D eigenvalue weighted by Crippen LogP contribution is -1.95. The number of allylic oxidation sites excluding steroid dienone is 8. The van der Waals surface area contributed by atoms with Gasteiger partial charge in [-0.25, -0.2) is 0 Å². The molecule has 1 heteroatoms. The van der Waals surface area contributed by atoms with Gasteiger partial charge >= 0.3 is 0 Å². The Balaban J connectivity index is 2.96. The maximum absolute atomic E-state index is 4.79. The van der Waals surface area contributed by atoms with Crippen LogP contribution in [0.3, 0.4) is 0 Å². The van der Waals surface area contributed by atoms with Crippen molar-refractivity contribution in [2.45, 2.75) is 47.0 Å². The predicted molar refractivity (Wildman–Crippen MR) is 86.5 cm³/mol. The van der Waals surface area contributed by atoms with Crippen molar-refractivity contribution < 1.29 is 0 Å². The molecular weight excluding hydrogens is 230 g/mol. The van der Waals surface area contributed by atoms with Crippen LogP contribution in [0.15, 0.2) is 64.4 Å². The predicted octanol–water partition coefficient (Wildman–Crippen LogP) is 5.54. The molecule has 1 rings (SSSR count). The Morgan fingerprint density at radius 2 is 1.79 bits per heavy atom. The highest BCUT2D eigenvalue weighted by Gasteiger charge is 2.14. The van der Waals surface area contributed by atoms with Gasteiger partial charge in [0.05, 0.1) is 0 Å². The second-order valence-corrected chi connectivity index (χ2v) is 5.22. The summed E-state index contributed by atoms with van der Waals surface area (Å²) in [6.07, 6.45) is 9.44. The Labute approximate surface area is 117 Å². The molecule has 0 unspecified atom stereocenters. The maximum Gasteiger partial charge on any atom is 0.0441 e. The fourth-order valence-electron chi connectivity index (χ4n) is 2.05. The molecular formula is C18H25N. The van der Waals surface area contributed by atoms with E-state index >= 15 is 0 Å². The fraction of sp³-hybridized carbons (Fsp3) is 0.389. The average Bonchev–Trinajstić information content (AvgIpc) is 2.83. The Bertz CT molecular complexity index is 496. The quantitative estimate of drug-likeness (QED) is 0.452. The molecule has 0 spiro atoms. The highest BCUT2D eigenvalue weighted by atomic mass is 14.8. The third-order valence-corrected chi connectivity index (χ3v) is 3.50. The molecule has 0 bridgehead atoms. The van der Waals surface area contributed by atoms with E-state index in [9.17, 15) is 0 Å². The summed E-state index contributed by atoms with van der Waals surface area (Å²) in [5.74, 6) is 0. The highest BCUT2D eigenvalue weighted by Crippen LogP contribution is 2.31. The van der Waals surface area contributed by atoms with Gasteiger partial charge < -0.3 is 0 Å². The van der Waals surface area contributed by atoms with Gasteiger partial charge in [-0.1, -0.05) is 42.5 Å². The van der Waals surface area contributed by atoms with Gasteiger partial charge in [-0.2, -0.15) is 0 Å². The lowest BCUT2D eigenvalue weighted by molar-refractivity contribution is 0.890. The Morgan fingerprint density at radius 1 is 1.11 bits per heavy atom. The summed E-state index contributed by atoms with van der Waals surface area (Å²) in [6.45, 7) is 16.1. The molecule has 0 fully saturated rings. The van der Waals surface area contributed by atoms with Crippen molar-refractivity contribution in [1.29, 1.82) is 0 Å². The number of hydrogen-bond acceptors (Lipinski definition) is 1. The molecule has 1 nitrogen and oxygen atoms in total. The number of nitrogens with zero attached hydrogens (tertiary/aromatic N) is 1. The van der Waals surface area contributed by atoms with Crippen LogP contribution >= 0.6 is 0 Å². The molecule has 19 heavy (non-hydrogen) atoms. The first-order valence-electron chi connectivity index (χ1n) is 6.87. The molecule has 0 aliphatic heterocycles. The summed E-state index contributed by atoms with van der Waals surface area (Å²) in [5, 5.41) is 0. The van der Waals surface area contributed by atoms with Gasteiger partial charge in [-0.05, 0) is 58.1 Å². The van der Waals surface area contributed by atoms with Crippen LogP contribution in [0.1, 0.15) is 47.0 Å². The van der Waals surface area contributed by atoms with Gasteiger partial charge in [0.2, 0.25) is 0 Å². The first kappa shape index (κ1) is 15.4. The van der Waals surface area contributed by atoms with E-state index in [1.54, 1.807) is 0 Å². The summed E-state index contributed by atoms with van der Waals surface area (Å²) in [4.78, 5) is 4.79. The second-order valence-electron chi connectivity index (χ2n) is 5.22. The molecule has 0 heterocycles. The first-order valence-corrected chi connectivity index (χ1v) is 6.87. The Kier molecular flexibility index (Phi) is 5.75. The van der Waals surface area contributed by atoms with E-state index in [-0.39, 0.29) is 0 Å². The second kappa shape index (κ2) is 7.08. The van der Waals surface area contributed by atoms with Crippen LogP contribution in [0.2, 0.25) is 0 Å². The molecule has 0 saturated carbocycles. The van der Waals surface area contributed by atoms with Crippen molar-refractivity contribution in [1.82, 2.24) is 0 Å². The largest absolute Gasteiger partial charge is 0.258 e. The number of rotatable bonds is 5. The molecule has 0 amide bonds. The SMILES string of the molecule is C=C/C(C)=C\C=C(/C)C(C)=NC1=C(C(=C)C)CCC1. The summed E-state index contributed by atoms with van der Waals surface area (Å²) in [5.41, 5.74) is 7.18. The highest BCUT2D eigenvalue weighted by molar-refractivity contribution is 5.98. The van der Waals surface area contributed by atoms with E-state index in [4.69, 9.17) is 4.99 Å². The van der Waals surface area contributed by atoms with Crippen LogP contribution in [-0.4, -0.2) is 5.71 Å². The van der Waals surface area contributed by atoms with Crippen LogP contribution < -0.4 is 0 Å². The smallest absolute Gasteiger partial charge is 0.0441 e. The van der Waals surface area contributed by atoms with Crippen molar-refractivity contribution in [3.05, 3.63) is 59.4 Å². The molecule has 1 aliphatic carbocycles. The first-order chi connectivity index (χ1) is 8.95. The van der Waals surface area contributed by atoms with Gasteiger partial charge in [-0.3, -0.25) is 4.99 Å². The number of aliphatic imine (C=N–C) groups is 1. The Morgan fingerprint density at radius 3 is 2.37 bits per heavy atom. The van der Waals surface area contributed by atoms with Crippen molar-refractivity contribution in [3.8, 4) is 0 Å². The van der Waals surface area contributed by atoms with Crippen molar-refractivity contribution in [2.24, 2.45) is 4.99 Å². The lowest BCUT2D eigenvalue weighted by Gasteiger charge is -2.05. The third-order valence-electron chi connectivity index (χ3n) is 3.50. The van der Waals surface area contributed by atoms with Gasteiger partial charge in [-0.15, -0.1) is 0 Å². The molecule has 0 N–H and O–H groups in total. The van der Waals surface area contributed by atoms with E-state index in [1.807, 2.05) is 13.0 Å². The normalized spacial score (nSPS) is 18.0. The van der Waals surface area contributed by atoms with E-state index in [1.165, 1.54) is 23.3 Å². The van der Waals surface area contributed by atoms with Gasteiger partial charge in [0, 0.05) is 11.4 Å². The van der Waals surface area contributed by atoms with Crippen LogP contribution in [0.25, 0.3) is 0 Å². The van der Waals surface area contributed by atoms with Gasteiger partial charge in [0.25, 0.3) is 0 Å². The minimum atomic E-state index is 1.08. The molecule has 0 aromatic rings. The number of hydrogen-bond donors (Lipinski definition) is 0. The summed E-state index contributed by atoms with van der Waals surface area (Å²) < 4.78 is 0. The fourth-order valence-corrected chi connectivity index (χ4v) is 2.05. The van der Waals surface area contributed by atoms with E-state index < -0.39 is 0 Å². The zero-order valence-corrected chi connectivity index (χ0v) is 12.7. The minimum Gasteiger partial charge on any atom is -0.258 e. The van der Waals surface area contributed by atoms with E-state index in [0.29, 0.717) is 0 Å². The van der Waals surface area contributed by atoms with Crippen LogP contribution in [0.5, 0.6) is 0 Å². The van der Waals surface area contributed by atoms with Crippen molar-refractivity contribution >= 4 is 5.71 Å². The summed E-state index contributed by atoms with van der Waals surface area (Å²) in [7, 11) is 0. The zero-order chi connectivity index (χ0) is 14.4. The molecule has 1 aliphatic rings.